The van der Waals surface area contributed by atoms with Crippen LogP contribution in [-0.2, 0) is 4.79 Å². The van der Waals surface area contributed by atoms with Crippen molar-refractivity contribution in [2.75, 3.05) is 11.1 Å². The number of hydrogen-bond acceptors (Lipinski definition) is 5. The highest BCUT2D eigenvalue weighted by Crippen LogP contribution is 2.22. The minimum absolute atomic E-state index is 0.0686. The zero-order valence-electron chi connectivity index (χ0n) is 14.4. The average molecular weight is 412 g/mol. The smallest absolute Gasteiger partial charge is 0.262 e. The van der Waals surface area contributed by atoms with Crippen molar-refractivity contribution in [2.24, 2.45) is 0 Å². The molecule has 0 spiro atoms. The molecule has 1 amide bonds. The van der Waals surface area contributed by atoms with Crippen LogP contribution in [0, 0.1) is 0 Å². The quantitative estimate of drug-likeness (QED) is 0.387. The van der Waals surface area contributed by atoms with Crippen LogP contribution in [-0.4, -0.2) is 31.4 Å². The van der Waals surface area contributed by atoms with Crippen LogP contribution in [0.5, 0.6) is 0 Å². The summed E-state index contributed by atoms with van der Waals surface area (Å²) < 4.78 is 1.60. The minimum Gasteiger partial charge on any atom is -0.324 e. The Morgan fingerprint density at radius 2 is 1.89 bits per heavy atom. The normalized spacial score (nSPS) is 10.9. The van der Waals surface area contributed by atoms with Crippen molar-refractivity contribution in [1.82, 2.24) is 19.7 Å². The number of rotatable bonds is 5. The molecule has 140 valence electrons. The number of aromatic amines is 1. The van der Waals surface area contributed by atoms with Crippen molar-refractivity contribution >= 4 is 46.0 Å². The third-order valence-electron chi connectivity index (χ3n) is 3.91. The number of H-pyrrole nitrogens is 1. The molecule has 4 rings (SSSR count). The van der Waals surface area contributed by atoms with E-state index in [-0.39, 0.29) is 17.2 Å². The van der Waals surface area contributed by atoms with Gasteiger partial charge in [0.15, 0.2) is 10.8 Å². The number of aromatic nitrogens is 4. The van der Waals surface area contributed by atoms with E-state index in [0.717, 1.165) is 17.4 Å². The van der Waals surface area contributed by atoms with Gasteiger partial charge in [-0.2, -0.15) is 5.10 Å². The Kier molecular flexibility index (Phi) is 5.14. The summed E-state index contributed by atoms with van der Waals surface area (Å²) >= 11 is 7.17. The Bertz CT molecular complexity index is 1210. The third kappa shape index (κ3) is 3.78. The molecule has 0 unspecified atom stereocenters. The summed E-state index contributed by atoms with van der Waals surface area (Å²) in [5.41, 5.74) is 1.46. The Morgan fingerprint density at radius 1 is 1.14 bits per heavy atom. The van der Waals surface area contributed by atoms with Gasteiger partial charge < -0.3 is 10.3 Å². The van der Waals surface area contributed by atoms with E-state index in [9.17, 15) is 9.59 Å². The summed E-state index contributed by atoms with van der Waals surface area (Å²) in [6, 6.07) is 16.4. The van der Waals surface area contributed by atoms with E-state index in [2.05, 4.69) is 20.4 Å². The molecule has 28 heavy (non-hydrogen) atoms. The molecule has 0 radical (unpaired) electrons. The number of nitrogens with one attached hydrogen (secondary N) is 2. The maximum absolute atomic E-state index is 12.3. The van der Waals surface area contributed by atoms with Crippen LogP contribution in [0.1, 0.15) is 0 Å². The van der Waals surface area contributed by atoms with Gasteiger partial charge in [-0.05, 0) is 24.3 Å². The third-order valence-corrected chi connectivity index (χ3v) is 5.11. The van der Waals surface area contributed by atoms with E-state index in [4.69, 9.17) is 11.6 Å². The van der Waals surface area contributed by atoms with E-state index >= 15 is 0 Å². The van der Waals surface area contributed by atoms with Gasteiger partial charge in [0.05, 0.1) is 28.3 Å². The Labute approximate surface area is 168 Å². The largest absolute Gasteiger partial charge is 0.324 e. The van der Waals surface area contributed by atoms with Crippen LogP contribution < -0.4 is 10.9 Å². The molecule has 2 aromatic carbocycles. The molecule has 0 atom stereocenters. The van der Waals surface area contributed by atoms with Gasteiger partial charge in [-0.3, -0.25) is 9.59 Å². The van der Waals surface area contributed by atoms with Gasteiger partial charge in [0.1, 0.15) is 5.39 Å². The standard InChI is InChI=1S/C19H14ClN5O2S/c20-14-8-4-5-9-15(14)22-16(26)11-28-19-23-17-13(18(27)24-19)10-21-25(17)12-6-2-1-3-7-12/h1-10H,11H2,(H,22,26)(H,23,24,27). The van der Waals surface area contributed by atoms with Crippen molar-refractivity contribution in [1.29, 1.82) is 0 Å². The van der Waals surface area contributed by atoms with Gasteiger partial charge >= 0.3 is 0 Å². The Morgan fingerprint density at radius 3 is 2.68 bits per heavy atom. The fraction of sp³-hybridized carbons (Fsp3) is 0.0526. The van der Waals surface area contributed by atoms with Crippen molar-refractivity contribution in [2.45, 2.75) is 5.16 Å². The first-order valence-electron chi connectivity index (χ1n) is 8.32. The maximum Gasteiger partial charge on any atom is 0.262 e. The minimum atomic E-state index is -0.304. The van der Waals surface area contributed by atoms with Crippen LogP contribution in [0.25, 0.3) is 16.7 Å². The SMILES string of the molecule is O=C(CSc1nc2c(cnn2-c2ccccc2)c(=O)[nH]1)Nc1ccccc1Cl. The summed E-state index contributed by atoms with van der Waals surface area (Å²) in [4.78, 5) is 31.7. The number of fused-ring (bicyclic) bond motifs is 1. The molecule has 2 N–H and O–H groups in total. The van der Waals surface area contributed by atoms with E-state index in [1.165, 1.54) is 6.20 Å². The second-order valence-electron chi connectivity index (χ2n) is 5.82. The van der Waals surface area contributed by atoms with Gasteiger partial charge in [0.2, 0.25) is 5.91 Å². The molecular weight excluding hydrogens is 398 g/mol. The van der Waals surface area contributed by atoms with Crippen molar-refractivity contribution in [3.8, 4) is 5.69 Å². The lowest BCUT2D eigenvalue weighted by Crippen LogP contribution is -2.16. The predicted octanol–water partition coefficient (Wildman–Crippen LogP) is 3.49. The number of carbonyl (C=O) groups excluding carboxylic acids is 1. The first kappa shape index (κ1) is 18.3. The molecule has 0 aliphatic heterocycles. The maximum atomic E-state index is 12.3. The van der Waals surface area contributed by atoms with Crippen molar-refractivity contribution in [3.63, 3.8) is 0 Å². The highest BCUT2D eigenvalue weighted by atomic mass is 35.5. The fourth-order valence-electron chi connectivity index (χ4n) is 2.61. The number of benzene rings is 2. The number of para-hydroxylation sites is 2. The number of nitrogens with zero attached hydrogens (tertiary/aromatic N) is 3. The number of halogens is 1. The first-order valence-corrected chi connectivity index (χ1v) is 9.69. The highest BCUT2D eigenvalue weighted by molar-refractivity contribution is 7.99. The van der Waals surface area contributed by atoms with Crippen molar-refractivity contribution in [3.05, 3.63) is 76.2 Å². The summed E-state index contributed by atoms with van der Waals surface area (Å²) in [6.45, 7) is 0. The van der Waals surface area contributed by atoms with Gasteiger partial charge in [0, 0.05) is 0 Å². The number of anilines is 1. The number of hydrogen-bond donors (Lipinski definition) is 2. The van der Waals surface area contributed by atoms with Crippen LogP contribution in [0.15, 0.2) is 70.7 Å². The van der Waals surface area contributed by atoms with Crippen LogP contribution >= 0.6 is 23.4 Å². The van der Waals surface area contributed by atoms with E-state index in [1.807, 2.05) is 30.3 Å². The van der Waals surface area contributed by atoms with Crippen molar-refractivity contribution < 1.29 is 4.79 Å². The molecule has 2 aromatic heterocycles. The highest BCUT2D eigenvalue weighted by Gasteiger charge is 2.13. The molecule has 9 heteroatoms. The van der Waals surface area contributed by atoms with Gasteiger partial charge in [-0.25, -0.2) is 9.67 Å². The summed E-state index contributed by atoms with van der Waals surface area (Å²) in [5, 5.41) is 8.17. The van der Waals surface area contributed by atoms with Crippen LogP contribution in [0.4, 0.5) is 5.69 Å². The van der Waals surface area contributed by atoms with E-state index in [1.54, 1.807) is 28.9 Å². The topological polar surface area (TPSA) is 92.7 Å². The molecule has 2 heterocycles. The lowest BCUT2D eigenvalue weighted by Gasteiger charge is -2.07. The molecule has 0 bridgehead atoms. The average Bonchev–Trinajstić information content (AvgIpc) is 3.13. The molecule has 0 aliphatic carbocycles. The van der Waals surface area contributed by atoms with Gasteiger partial charge in [-0.1, -0.05) is 53.7 Å². The number of carbonyl (C=O) groups is 1. The molecule has 4 aromatic rings. The zero-order valence-corrected chi connectivity index (χ0v) is 16.0. The van der Waals surface area contributed by atoms with Crippen LogP contribution in [0.2, 0.25) is 5.02 Å². The fourth-order valence-corrected chi connectivity index (χ4v) is 3.45. The summed E-state index contributed by atoms with van der Waals surface area (Å²) in [7, 11) is 0. The van der Waals surface area contributed by atoms with E-state index < -0.39 is 0 Å². The molecule has 7 nitrogen and oxygen atoms in total. The first-order chi connectivity index (χ1) is 13.6. The lowest BCUT2D eigenvalue weighted by atomic mass is 10.3. The lowest BCUT2D eigenvalue weighted by molar-refractivity contribution is -0.113. The molecule has 0 saturated heterocycles. The monoisotopic (exact) mass is 411 g/mol. The number of amides is 1. The number of thioether (sulfide) groups is 1. The van der Waals surface area contributed by atoms with Crippen LogP contribution in [0.3, 0.4) is 0 Å². The Hall–Kier alpha value is -3.10. The van der Waals surface area contributed by atoms with Gasteiger partial charge in [-0.15, -0.1) is 0 Å². The molecule has 0 fully saturated rings. The second kappa shape index (κ2) is 7.87. The molecule has 0 aliphatic rings. The second-order valence-corrected chi connectivity index (χ2v) is 7.19. The predicted molar refractivity (Wildman–Crippen MR) is 110 cm³/mol. The van der Waals surface area contributed by atoms with Gasteiger partial charge in [0.25, 0.3) is 5.56 Å². The summed E-state index contributed by atoms with van der Waals surface area (Å²) in [6.07, 6.45) is 1.48. The molecule has 0 saturated carbocycles. The Balaban J connectivity index is 1.55. The zero-order chi connectivity index (χ0) is 19.5. The summed E-state index contributed by atoms with van der Waals surface area (Å²) in [5.74, 6) is -0.184. The molecular formula is C19H14ClN5O2S. The van der Waals surface area contributed by atoms with E-state index in [0.29, 0.717) is 26.9 Å².